The first-order valence-corrected chi connectivity index (χ1v) is 6.25. The molecule has 2 heteroatoms. The lowest BCUT2D eigenvalue weighted by Crippen LogP contribution is -2.24. The van der Waals surface area contributed by atoms with Crippen molar-refractivity contribution < 1.29 is 9.21 Å². The SMILES string of the molecule is CC(C)C1CCC(C(=O)c2ccoc2)CC1. The van der Waals surface area contributed by atoms with Crippen LogP contribution in [0.4, 0.5) is 0 Å². The fraction of sp³-hybridized carbons (Fsp3) is 0.643. The van der Waals surface area contributed by atoms with Crippen LogP contribution in [-0.2, 0) is 0 Å². The lowest BCUT2D eigenvalue weighted by molar-refractivity contribution is 0.0858. The molecule has 1 aliphatic rings. The molecule has 88 valence electrons. The summed E-state index contributed by atoms with van der Waals surface area (Å²) in [6.07, 6.45) is 7.64. The van der Waals surface area contributed by atoms with E-state index in [-0.39, 0.29) is 11.7 Å². The molecule has 0 N–H and O–H groups in total. The molecule has 16 heavy (non-hydrogen) atoms. The van der Waals surface area contributed by atoms with Gasteiger partial charge in [-0.25, -0.2) is 0 Å². The van der Waals surface area contributed by atoms with Gasteiger partial charge in [0.1, 0.15) is 6.26 Å². The predicted molar refractivity (Wildman–Crippen MR) is 63.3 cm³/mol. The van der Waals surface area contributed by atoms with Crippen molar-refractivity contribution in [3.05, 3.63) is 24.2 Å². The van der Waals surface area contributed by atoms with E-state index in [1.165, 1.54) is 12.8 Å². The largest absolute Gasteiger partial charge is 0.472 e. The molecular formula is C14H20O2. The normalized spacial score (nSPS) is 25.9. The van der Waals surface area contributed by atoms with Crippen LogP contribution in [-0.4, -0.2) is 5.78 Å². The number of rotatable bonds is 3. The lowest BCUT2D eigenvalue weighted by Gasteiger charge is -2.29. The number of Topliss-reactive ketones (excluding diaryl/α,β-unsaturated/α-hetero) is 1. The van der Waals surface area contributed by atoms with Crippen molar-refractivity contribution in [1.82, 2.24) is 0 Å². The van der Waals surface area contributed by atoms with E-state index >= 15 is 0 Å². The van der Waals surface area contributed by atoms with Crippen LogP contribution in [0.5, 0.6) is 0 Å². The van der Waals surface area contributed by atoms with Gasteiger partial charge < -0.3 is 4.42 Å². The summed E-state index contributed by atoms with van der Waals surface area (Å²) < 4.78 is 4.96. The maximum Gasteiger partial charge on any atom is 0.169 e. The second-order valence-electron chi connectivity index (χ2n) is 5.23. The quantitative estimate of drug-likeness (QED) is 0.722. The molecule has 2 nitrogen and oxygen atoms in total. The molecule has 1 saturated carbocycles. The summed E-state index contributed by atoms with van der Waals surface area (Å²) in [5.41, 5.74) is 0.744. The molecule has 0 bridgehead atoms. The van der Waals surface area contributed by atoms with Gasteiger partial charge in [-0.1, -0.05) is 13.8 Å². The highest BCUT2D eigenvalue weighted by molar-refractivity contribution is 5.97. The molecule has 0 unspecified atom stereocenters. The zero-order valence-corrected chi connectivity index (χ0v) is 10.1. The van der Waals surface area contributed by atoms with Crippen LogP contribution in [0.25, 0.3) is 0 Å². The molecular weight excluding hydrogens is 200 g/mol. The second kappa shape index (κ2) is 4.86. The lowest BCUT2D eigenvalue weighted by atomic mass is 9.75. The summed E-state index contributed by atoms with van der Waals surface area (Å²) in [5, 5.41) is 0. The van der Waals surface area contributed by atoms with Crippen molar-refractivity contribution in [2.24, 2.45) is 17.8 Å². The summed E-state index contributed by atoms with van der Waals surface area (Å²) in [4.78, 5) is 12.1. The number of carbonyl (C=O) groups is 1. The van der Waals surface area contributed by atoms with Crippen LogP contribution in [0.2, 0.25) is 0 Å². The first-order valence-electron chi connectivity index (χ1n) is 6.25. The molecule has 1 aliphatic carbocycles. The maximum absolute atomic E-state index is 12.1. The summed E-state index contributed by atoms with van der Waals surface area (Å²) in [6.45, 7) is 4.56. The highest BCUT2D eigenvalue weighted by Crippen LogP contribution is 2.34. The summed E-state index contributed by atoms with van der Waals surface area (Å²) in [5.74, 6) is 2.07. The molecule has 0 saturated heterocycles. The van der Waals surface area contributed by atoms with Gasteiger partial charge >= 0.3 is 0 Å². The van der Waals surface area contributed by atoms with Crippen molar-refractivity contribution in [2.45, 2.75) is 39.5 Å². The van der Waals surface area contributed by atoms with Crippen molar-refractivity contribution in [3.63, 3.8) is 0 Å². The van der Waals surface area contributed by atoms with Crippen molar-refractivity contribution >= 4 is 5.78 Å². The zero-order chi connectivity index (χ0) is 11.5. The van der Waals surface area contributed by atoms with Gasteiger partial charge in [-0.2, -0.15) is 0 Å². The molecule has 1 aromatic rings. The van der Waals surface area contributed by atoms with Gasteiger partial charge in [0.2, 0.25) is 0 Å². The van der Waals surface area contributed by atoms with E-state index in [2.05, 4.69) is 13.8 Å². The van der Waals surface area contributed by atoms with E-state index in [9.17, 15) is 4.79 Å². The zero-order valence-electron chi connectivity index (χ0n) is 10.1. The van der Waals surface area contributed by atoms with Gasteiger partial charge in [0.25, 0.3) is 0 Å². The molecule has 0 spiro atoms. The Bertz CT molecular complexity index is 330. The van der Waals surface area contributed by atoms with Gasteiger partial charge in [-0.15, -0.1) is 0 Å². The number of hydrogen-bond acceptors (Lipinski definition) is 2. The number of hydrogen-bond donors (Lipinski definition) is 0. The topological polar surface area (TPSA) is 30.2 Å². The third kappa shape index (κ3) is 2.37. The number of furan rings is 1. The molecule has 2 rings (SSSR count). The summed E-state index contributed by atoms with van der Waals surface area (Å²) in [7, 11) is 0. The molecule has 0 aromatic carbocycles. The minimum absolute atomic E-state index is 0.229. The van der Waals surface area contributed by atoms with E-state index in [1.54, 1.807) is 18.6 Å². The van der Waals surface area contributed by atoms with Gasteiger partial charge in [0.15, 0.2) is 5.78 Å². The number of carbonyl (C=O) groups excluding carboxylic acids is 1. The summed E-state index contributed by atoms with van der Waals surface area (Å²) >= 11 is 0. The second-order valence-corrected chi connectivity index (χ2v) is 5.23. The van der Waals surface area contributed by atoms with Crippen LogP contribution in [0.15, 0.2) is 23.0 Å². The Morgan fingerprint density at radius 3 is 2.50 bits per heavy atom. The predicted octanol–water partition coefficient (Wildman–Crippen LogP) is 3.92. The minimum Gasteiger partial charge on any atom is -0.472 e. The standard InChI is InChI=1S/C14H20O2/c1-10(2)11-3-5-12(6-4-11)14(15)13-7-8-16-9-13/h7-12H,3-6H2,1-2H3. The van der Waals surface area contributed by atoms with Crippen LogP contribution >= 0.6 is 0 Å². The third-order valence-corrected chi connectivity index (χ3v) is 3.89. The van der Waals surface area contributed by atoms with E-state index in [4.69, 9.17) is 4.42 Å². The Labute approximate surface area is 97.0 Å². The Kier molecular flexibility index (Phi) is 3.47. The molecule has 1 aromatic heterocycles. The van der Waals surface area contributed by atoms with Crippen molar-refractivity contribution in [2.75, 3.05) is 0 Å². The van der Waals surface area contributed by atoms with Gasteiger partial charge in [0, 0.05) is 5.92 Å². The Balaban J connectivity index is 1.92. The monoisotopic (exact) mass is 220 g/mol. The molecule has 0 amide bonds. The van der Waals surface area contributed by atoms with E-state index in [0.29, 0.717) is 0 Å². The molecule has 1 heterocycles. The van der Waals surface area contributed by atoms with Gasteiger partial charge in [-0.05, 0) is 43.6 Å². The van der Waals surface area contributed by atoms with Crippen LogP contribution in [0.3, 0.4) is 0 Å². The minimum atomic E-state index is 0.229. The highest BCUT2D eigenvalue weighted by Gasteiger charge is 2.28. The van der Waals surface area contributed by atoms with E-state index in [1.807, 2.05) is 0 Å². The van der Waals surface area contributed by atoms with E-state index in [0.717, 1.165) is 30.2 Å². The summed E-state index contributed by atoms with van der Waals surface area (Å²) in [6, 6.07) is 1.77. The molecule has 0 atom stereocenters. The average Bonchev–Trinajstić information content (AvgIpc) is 2.81. The fourth-order valence-electron chi connectivity index (χ4n) is 2.69. The smallest absolute Gasteiger partial charge is 0.169 e. The molecule has 0 aliphatic heterocycles. The molecule has 0 radical (unpaired) electrons. The third-order valence-electron chi connectivity index (χ3n) is 3.89. The van der Waals surface area contributed by atoms with Crippen molar-refractivity contribution in [3.8, 4) is 0 Å². The first-order chi connectivity index (χ1) is 7.68. The highest BCUT2D eigenvalue weighted by atomic mass is 16.3. The number of ketones is 1. The Morgan fingerprint density at radius 1 is 1.31 bits per heavy atom. The fourth-order valence-corrected chi connectivity index (χ4v) is 2.69. The van der Waals surface area contributed by atoms with Crippen LogP contribution in [0, 0.1) is 17.8 Å². The van der Waals surface area contributed by atoms with Gasteiger partial charge in [-0.3, -0.25) is 4.79 Å². The average molecular weight is 220 g/mol. The van der Waals surface area contributed by atoms with Crippen LogP contribution < -0.4 is 0 Å². The van der Waals surface area contributed by atoms with E-state index < -0.39 is 0 Å². The molecule has 1 fully saturated rings. The first kappa shape index (κ1) is 11.4. The Morgan fingerprint density at radius 2 is 2.00 bits per heavy atom. The van der Waals surface area contributed by atoms with Gasteiger partial charge in [0.05, 0.1) is 11.8 Å². The van der Waals surface area contributed by atoms with Crippen LogP contribution in [0.1, 0.15) is 49.9 Å². The Hall–Kier alpha value is -1.05. The van der Waals surface area contributed by atoms with Crippen molar-refractivity contribution in [1.29, 1.82) is 0 Å². The maximum atomic E-state index is 12.1.